The van der Waals surface area contributed by atoms with Crippen LogP contribution in [0.2, 0.25) is 0 Å². The van der Waals surface area contributed by atoms with E-state index in [2.05, 4.69) is 35.2 Å². The van der Waals surface area contributed by atoms with Crippen LogP contribution >= 0.6 is 15.8 Å². The lowest BCUT2D eigenvalue weighted by Gasteiger charge is -2.34. The number of rotatable bonds is 37. The molecule has 0 atom stereocenters. The number of unbranched alkanes of at least 4 members (excludes halogenated alkanes) is 20. The van der Waals surface area contributed by atoms with Crippen LogP contribution in [0.5, 0.6) is 0 Å². The summed E-state index contributed by atoms with van der Waals surface area (Å²) in [7, 11) is -0.184. The van der Waals surface area contributed by atoms with Crippen molar-refractivity contribution in [3.05, 3.63) is 30.3 Å². The van der Waals surface area contributed by atoms with Crippen LogP contribution in [-0.2, 0) is 19.2 Å². The van der Waals surface area contributed by atoms with E-state index in [-0.39, 0.29) is 15.8 Å². The average Bonchev–Trinajstić information content (AvgIpc) is 3.09. The molecule has 0 fully saturated rings. The molecule has 0 bridgehead atoms. The van der Waals surface area contributed by atoms with Gasteiger partial charge in [0.25, 0.3) is 0 Å². The van der Waals surface area contributed by atoms with E-state index < -0.39 is 0 Å². The molecule has 0 amide bonds. The summed E-state index contributed by atoms with van der Waals surface area (Å²) in [5.41, 5.74) is 1.39. The van der Waals surface area contributed by atoms with Crippen molar-refractivity contribution in [3.8, 4) is 0 Å². The molecule has 47 heavy (non-hydrogen) atoms. The lowest BCUT2D eigenvalue weighted by atomic mass is 10.1. The first-order valence-electron chi connectivity index (χ1n) is 19.2. The number of carbonyl (C=O) groups is 4. The van der Waals surface area contributed by atoms with Gasteiger partial charge in [0, 0.05) is 43.9 Å². The third-order valence-corrected chi connectivity index (χ3v) is 14.3. The van der Waals surface area contributed by atoms with Crippen LogP contribution in [0.25, 0.3) is 0 Å². The summed E-state index contributed by atoms with van der Waals surface area (Å²) < 4.78 is 0. The molecule has 0 aliphatic carbocycles. The number of aldehydes is 4. The number of hydrogen-bond donors (Lipinski definition) is 0. The molecule has 0 aromatic heterocycles. The largest absolute Gasteiger partial charge is 0.363 e. The molecule has 0 spiro atoms. The lowest BCUT2D eigenvalue weighted by molar-refractivity contribution is -0.108. The van der Waals surface area contributed by atoms with Gasteiger partial charge in [-0.3, -0.25) is 0 Å². The monoisotopic (exact) mass is 689 g/mol. The Hall–Kier alpha value is -1.44. The SMILES string of the molecule is O=CCCCCCCCP(CCCCCCCC=O)CN(CP(CCCCCCCC=O)CCCCCCCC=O)c1ccccc1. The Morgan fingerprint density at radius 1 is 0.383 bits per heavy atom. The van der Waals surface area contributed by atoms with Crippen molar-refractivity contribution in [2.75, 3.05) is 42.1 Å². The minimum Gasteiger partial charge on any atom is -0.363 e. The smallest absolute Gasteiger partial charge is 0.119 e. The van der Waals surface area contributed by atoms with Crippen molar-refractivity contribution >= 4 is 46.7 Å². The van der Waals surface area contributed by atoms with E-state index in [1.54, 1.807) is 0 Å². The molecule has 0 saturated carbocycles. The fraction of sp³-hybridized carbons (Fsp3) is 0.750. The molecule has 0 saturated heterocycles. The second-order valence-corrected chi connectivity index (χ2v) is 18.3. The zero-order chi connectivity index (χ0) is 33.9. The fourth-order valence-corrected chi connectivity index (χ4v) is 11.6. The van der Waals surface area contributed by atoms with E-state index in [1.165, 1.54) is 146 Å². The number of hydrogen-bond acceptors (Lipinski definition) is 5. The highest BCUT2D eigenvalue weighted by Gasteiger charge is 2.19. The molecule has 0 heterocycles. The quantitative estimate of drug-likeness (QED) is 0.0395. The summed E-state index contributed by atoms with van der Waals surface area (Å²) in [6, 6.07) is 11.2. The van der Waals surface area contributed by atoms with Gasteiger partial charge in [-0.05, 0) is 88.1 Å². The van der Waals surface area contributed by atoms with Gasteiger partial charge in [-0.15, -0.1) is 0 Å². The van der Waals surface area contributed by atoms with Crippen LogP contribution in [0.3, 0.4) is 0 Å². The van der Waals surface area contributed by atoms with Crippen molar-refractivity contribution in [2.24, 2.45) is 0 Å². The summed E-state index contributed by atoms with van der Waals surface area (Å²) in [6.07, 6.45) is 38.9. The molecule has 0 aliphatic heterocycles. The van der Waals surface area contributed by atoms with E-state index in [0.717, 1.165) is 50.8 Å². The molecular formula is C40H69NO4P2. The Morgan fingerprint density at radius 2 is 0.660 bits per heavy atom. The van der Waals surface area contributed by atoms with Crippen LogP contribution < -0.4 is 4.90 Å². The van der Waals surface area contributed by atoms with Crippen molar-refractivity contribution in [2.45, 2.75) is 154 Å². The van der Waals surface area contributed by atoms with Gasteiger partial charge in [-0.2, -0.15) is 0 Å². The maximum absolute atomic E-state index is 10.7. The number of carbonyl (C=O) groups excluding carboxylic acids is 4. The highest BCUT2D eigenvalue weighted by molar-refractivity contribution is 7.58. The summed E-state index contributed by atoms with van der Waals surface area (Å²) in [5.74, 6) is 0. The van der Waals surface area contributed by atoms with E-state index in [4.69, 9.17) is 0 Å². The Balaban J connectivity index is 2.87. The molecule has 0 N–H and O–H groups in total. The molecule has 1 aromatic rings. The van der Waals surface area contributed by atoms with Crippen LogP contribution in [-0.4, -0.2) is 62.4 Å². The van der Waals surface area contributed by atoms with E-state index in [9.17, 15) is 19.2 Å². The summed E-state index contributed by atoms with van der Waals surface area (Å²) in [4.78, 5) is 45.5. The van der Waals surface area contributed by atoms with E-state index >= 15 is 0 Å². The zero-order valence-corrected chi connectivity index (χ0v) is 31.7. The Kier molecular flexibility index (Phi) is 31.9. The first-order chi connectivity index (χ1) is 23.2. The third-order valence-electron chi connectivity index (χ3n) is 9.05. The first-order valence-corrected chi connectivity index (χ1v) is 23.0. The van der Waals surface area contributed by atoms with E-state index in [1.807, 2.05) is 0 Å². The van der Waals surface area contributed by atoms with Gasteiger partial charge in [0.15, 0.2) is 0 Å². The lowest BCUT2D eigenvalue weighted by Crippen LogP contribution is -2.26. The van der Waals surface area contributed by atoms with Gasteiger partial charge in [0.2, 0.25) is 0 Å². The minimum absolute atomic E-state index is 0.0918. The summed E-state index contributed by atoms with van der Waals surface area (Å²) in [5, 5.41) is 0. The molecular weight excluding hydrogens is 620 g/mol. The normalized spacial score (nSPS) is 11.3. The number of nitrogens with zero attached hydrogens (tertiary/aromatic N) is 1. The zero-order valence-electron chi connectivity index (χ0n) is 29.9. The molecule has 0 unspecified atom stereocenters. The van der Waals surface area contributed by atoms with Crippen molar-refractivity contribution in [3.63, 3.8) is 0 Å². The molecule has 7 heteroatoms. The first kappa shape index (κ1) is 43.6. The topological polar surface area (TPSA) is 71.5 Å². The van der Waals surface area contributed by atoms with Crippen molar-refractivity contribution in [1.82, 2.24) is 0 Å². The molecule has 1 aromatic carbocycles. The molecule has 0 aliphatic rings. The molecule has 0 radical (unpaired) electrons. The van der Waals surface area contributed by atoms with Crippen molar-refractivity contribution in [1.29, 1.82) is 0 Å². The number of benzene rings is 1. The van der Waals surface area contributed by atoms with Gasteiger partial charge < -0.3 is 24.1 Å². The van der Waals surface area contributed by atoms with Crippen LogP contribution in [0.15, 0.2) is 30.3 Å². The minimum atomic E-state index is -0.0918. The number of anilines is 1. The summed E-state index contributed by atoms with van der Waals surface area (Å²) in [6.45, 7) is 0. The third kappa shape index (κ3) is 27.1. The van der Waals surface area contributed by atoms with Gasteiger partial charge >= 0.3 is 0 Å². The van der Waals surface area contributed by atoms with Crippen LogP contribution in [0, 0.1) is 0 Å². The second-order valence-electron chi connectivity index (χ2n) is 13.3. The fourth-order valence-electron chi connectivity index (χ4n) is 6.21. The second kappa shape index (κ2) is 34.4. The molecule has 1 rings (SSSR count). The number of para-hydroxylation sites is 1. The maximum Gasteiger partial charge on any atom is 0.119 e. The van der Waals surface area contributed by atoms with Gasteiger partial charge in [-0.25, -0.2) is 0 Å². The Bertz CT molecular complexity index is 762. The summed E-state index contributed by atoms with van der Waals surface area (Å²) >= 11 is 0. The van der Waals surface area contributed by atoms with Gasteiger partial charge in [0.05, 0.1) is 0 Å². The highest BCUT2D eigenvalue weighted by Crippen LogP contribution is 2.45. The molecule has 5 nitrogen and oxygen atoms in total. The predicted molar refractivity (Wildman–Crippen MR) is 207 cm³/mol. The van der Waals surface area contributed by atoms with Crippen molar-refractivity contribution < 1.29 is 19.2 Å². The van der Waals surface area contributed by atoms with Crippen LogP contribution in [0.1, 0.15) is 154 Å². The maximum atomic E-state index is 10.7. The standard InChI is InChI=1S/C40H69NO4P2/c42-30-20-9-1-5-13-24-34-46(35-25-14-6-2-10-21-31-43)38-41(40-28-18-17-19-29-40)39-47(36-26-15-7-3-11-22-32-44)37-27-16-8-4-12-23-33-45/h17-19,28-33H,1-16,20-27,34-39H2. The van der Waals surface area contributed by atoms with Crippen LogP contribution in [0.4, 0.5) is 5.69 Å². The predicted octanol–water partition coefficient (Wildman–Crippen LogP) is 11.5. The highest BCUT2D eigenvalue weighted by atomic mass is 31.1. The van der Waals surface area contributed by atoms with E-state index in [0.29, 0.717) is 25.7 Å². The average molecular weight is 690 g/mol. The van der Waals surface area contributed by atoms with Gasteiger partial charge in [0.1, 0.15) is 25.1 Å². The molecule has 268 valence electrons. The Labute approximate surface area is 291 Å². The van der Waals surface area contributed by atoms with Gasteiger partial charge in [-0.1, -0.05) is 111 Å². The Morgan fingerprint density at radius 3 is 0.957 bits per heavy atom.